The Balaban J connectivity index is 2.13. The summed E-state index contributed by atoms with van der Waals surface area (Å²) in [7, 11) is 0. The van der Waals surface area contributed by atoms with Crippen LogP contribution in [0.1, 0.15) is 37.3 Å². The number of aliphatic hydroxyl groups is 1. The Labute approximate surface area is 156 Å². The highest BCUT2D eigenvalue weighted by molar-refractivity contribution is 6.42. The lowest BCUT2D eigenvalue weighted by Gasteiger charge is -2.25. The topological polar surface area (TPSA) is 60.8 Å². The van der Waals surface area contributed by atoms with Gasteiger partial charge in [0.25, 0.3) is 5.91 Å². The van der Waals surface area contributed by atoms with Crippen LogP contribution < -0.4 is 4.90 Å². The Bertz CT molecular complexity index is 824. The lowest BCUT2D eigenvalue weighted by Crippen LogP contribution is -2.41. The molecule has 0 aromatic heterocycles. The third kappa shape index (κ3) is 2.88. The van der Waals surface area contributed by atoms with E-state index >= 15 is 0 Å². The fraction of sp³-hybridized carbons (Fsp3) is 0.316. The number of carbonyl (C=O) groups is 1. The fourth-order valence-corrected chi connectivity index (χ4v) is 3.58. The molecule has 1 aliphatic heterocycles. The zero-order chi connectivity index (χ0) is 18.2. The highest BCUT2D eigenvalue weighted by Gasteiger charge is 2.52. The highest BCUT2D eigenvalue weighted by Crippen LogP contribution is 2.48. The highest BCUT2D eigenvalue weighted by atomic mass is 35.5. The van der Waals surface area contributed by atoms with E-state index in [1.807, 2.05) is 6.07 Å². The molecule has 1 unspecified atom stereocenters. The quantitative estimate of drug-likeness (QED) is 0.753. The maximum absolute atomic E-state index is 13.1. The molecule has 3 rings (SSSR count). The van der Waals surface area contributed by atoms with Crippen molar-refractivity contribution in [2.24, 2.45) is 0 Å². The number of benzene rings is 2. The minimum Gasteiger partial charge on any atom is -0.507 e. The fourth-order valence-electron chi connectivity index (χ4n) is 3.26. The molecule has 1 aliphatic rings. The van der Waals surface area contributed by atoms with Crippen LogP contribution in [0.3, 0.4) is 0 Å². The number of carbonyl (C=O) groups excluding carboxylic acids is 1. The summed E-state index contributed by atoms with van der Waals surface area (Å²) in [5.74, 6) is -0.756. The average Bonchev–Trinajstić information content (AvgIpc) is 2.81. The molecule has 6 heteroatoms. The van der Waals surface area contributed by atoms with Crippen LogP contribution in [-0.2, 0) is 10.4 Å². The van der Waals surface area contributed by atoms with E-state index in [1.165, 1.54) is 12.1 Å². The maximum Gasteiger partial charge on any atom is 0.268 e. The predicted molar refractivity (Wildman–Crippen MR) is 99.4 cm³/mol. The van der Waals surface area contributed by atoms with Crippen molar-refractivity contribution in [3.8, 4) is 5.75 Å². The summed E-state index contributed by atoms with van der Waals surface area (Å²) in [5, 5.41) is 22.0. The number of nitrogens with zero attached hydrogens (tertiary/aromatic N) is 1. The van der Waals surface area contributed by atoms with Crippen molar-refractivity contribution >= 4 is 34.8 Å². The molecule has 0 saturated heterocycles. The zero-order valence-corrected chi connectivity index (χ0v) is 15.3. The van der Waals surface area contributed by atoms with Crippen molar-refractivity contribution in [2.45, 2.75) is 31.8 Å². The first-order valence-corrected chi connectivity index (χ1v) is 8.99. The normalized spacial score (nSPS) is 19.4. The van der Waals surface area contributed by atoms with Gasteiger partial charge in [-0.2, -0.15) is 0 Å². The van der Waals surface area contributed by atoms with Crippen LogP contribution in [0.4, 0.5) is 5.69 Å². The van der Waals surface area contributed by atoms with E-state index in [9.17, 15) is 15.0 Å². The molecule has 2 aromatic rings. The molecule has 132 valence electrons. The maximum atomic E-state index is 13.1. The lowest BCUT2D eigenvalue weighted by atomic mass is 9.87. The second-order valence-corrected chi connectivity index (χ2v) is 6.99. The van der Waals surface area contributed by atoms with E-state index in [2.05, 4.69) is 6.92 Å². The third-order valence-electron chi connectivity index (χ3n) is 4.55. The van der Waals surface area contributed by atoms with Crippen LogP contribution >= 0.6 is 23.2 Å². The van der Waals surface area contributed by atoms with Gasteiger partial charge < -0.3 is 15.1 Å². The number of halogens is 2. The molecule has 1 amide bonds. The van der Waals surface area contributed by atoms with Crippen LogP contribution in [0.5, 0.6) is 5.75 Å². The minimum atomic E-state index is -1.98. The first-order chi connectivity index (χ1) is 11.9. The molecule has 1 heterocycles. The minimum absolute atomic E-state index is 0.0392. The van der Waals surface area contributed by atoms with Gasteiger partial charge in [-0.1, -0.05) is 61.2 Å². The van der Waals surface area contributed by atoms with Crippen LogP contribution in [0.2, 0.25) is 10.0 Å². The largest absolute Gasteiger partial charge is 0.507 e. The Morgan fingerprint density at radius 2 is 1.76 bits per heavy atom. The van der Waals surface area contributed by atoms with Gasteiger partial charge in [-0.15, -0.1) is 0 Å². The van der Waals surface area contributed by atoms with Gasteiger partial charge in [-0.25, -0.2) is 0 Å². The Morgan fingerprint density at radius 1 is 1.08 bits per heavy atom. The van der Waals surface area contributed by atoms with Crippen LogP contribution in [0.25, 0.3) is 0 Å². The van der Waals surface area contributed by atoms with Gasteiger partial charge in [0, 0.05) is 23.7 Å². The summed E-state index contributed by atoms with van der Waals surface area (Å²) in [6.07, 6.45) is 2.85. The molecule has 0 bridgehead atoms. The summed E-state index contributed by atoms with van der Waals surface area (Å²) >= 11 is 12.0. The van der Waals surface area contributed by atoms with Gasteiger partial charge in [0.1, 0.15) is 5.75 Å². The van der Waals surface area contributed by atoms with E-state index in [1.54, 1.807) is 23.1 Å². The van der Waals surface area contributed by atoms with Crippen molar-refractivity contribution in [2.75, 3.05) is 11.4 Å². The molecular formula is C19H19Cl2NO3. The van der Waals surface area contributed by atoms with Crippen molar-refractivity contribution in [1.82, 2.24) is 0 Å². The molecule has 1 atom stereocenters. The monoisotopic (exact) mass is 379 g/mol. The van der Waals surface area contributed by atoms with E-state index in [-0.39, 0.29) is 21.4 Å². The second kappa shape index (κ2) is 6.87. The summed E-state index contributed by atoms with van der Waals surface area (Å²) < 4.78 is 0. The van der Waals surface area contributed by atoms with Crippen molar-refractivity contribution in [3.05, 3.63) is 57.6 Å². The second-order valence-electron chi connectivity index (χ2n) is 6.17. The van der Waals surface area contributed by atoms with Gasteiger partial charge in [0.15, 0.2) is 5.60 Å². The van der Waals surface area contributed by atoms with E-state index in [0.717, 1.165) is 19.3 Å². The molecule has 2 aromatic carbocycles. The number of phenols is 1. The summed E-state index contributed by atoms with van der Waals surface area (Å²) in [4.78, 5) is 14.7. The number of amides is 1. The molecule has 0 spiro atoms. The molecule has 0 fully saturated rings. The number of phenolic OH excluding ortho intramolecular Hbond substituents is 1. The van der Waals surface area contributed by atoms with Gasteiger partial charge in [-0.3, -0.25) is 4.79 Å². The summed E-state index contributed by atoms with van der Waals surface area (Å²) in [6.45, 7) is 2.60. The zero-order valence-electron chi connectivity index (χ0n) is 13.8. The average molecular weight is 380 g/mol. The third-order valence-corrected chi connectivity index (χ3v) is 5.28. The van der Waals surface area contributed by atoms with Gasteiger partial charge in [-0.05, 0) is 18.6 Å². The Morgan fingerprint density at radius 3 is 2.48 bits per heavy atom. The first kappa shape index (κ1) is 18.1. The van der Waals surface area contributed by atoms with E-state index in [0.29, 0.717) is 17.8 Å². The van der Waals surface area contributed by atoms with Crippen molar-refractivity contribution < 1.29 is 15.0 Å². The SMILES string of the molecule is CCCCCN1C(=O)C(O)(c2cc(Cl)c(Cl)cc2O)c2ccccc21. The van der Waals surface area contributed by atoms with Crippen LogP contribution in [0, 0.1) is 0 Å². The number of hydrogen-bond acceptors (Lipinski definition) is 3. The Hall–Kier alpha value is -1.75. The van der Waals surface area contributed by atoms with Crippen molar-refractivity contribution in [3.63, 3.8) is 0 Å². The Kier molecular flexibility index (Phi) is 4.96. The number of unbranched alkanes of at least 4 members (excludes halogenated alkanes) is 2. The van der Waals surface area contributed by atoms with Crippen molar-refractivity contribution in [1.29, 1.82) is 0 Å². The molecular weight excluding hydrogens is 361 g/mol. The van der Waals surface area contributed by atoms with Gasteiger partial charge in [0.05, 0.1) is 15.7 Å². The van der Waals surface area contributed by atoms with E-state index in [4.69, 9.17) is 23.2 Å². The van der Waals surface area contributed by atoms with Crippen LogP contribution in [-0.4, -0.2) is 22.7 Å². The van der Waals surface area contributed by atoms with E-state index < -0.39 is 11.5 Å². The van der Waals surface area contributed by atoms with Gasteiger partial charge >= 0.3 is 0 Å². The number of rotatable bonds is 5. The number of fused-ring (bicyclic) bond motifs is 1. The number of anilines is 1. The molecule has 0 radical (unpaired) electrons. The molecule has 0 aliphatic carbocycles. The summed E-state index contributed by atoms with van der Waals surface area (Å²) in [6, 6.07) is 9.65. The summed E-state index contributed by atoms with van der Waals surface area (Å²) in [5.41, 5.74) is -0.861. The number of hydrogen-bond donors (Lipinski definition) is 2. The molecule has 25 heavy (non-hydrogen) atoms. The standard InChI is InChI=1S/C19H19Cl2NO3/c1-2-3-6-9-22-16-8-5-4-7-12(16)19(25,18(22)24)13-10-14(20)15(21)11-17(13)23/h4-5,7-8,10-11,23,25H,2-3,6,9H2,1H3. The number of para-hydroxylation sites is 1. The molecule has 4 nitrogen and oxygen atoms in total. The van der Waals surface area contributed by atoms with Gasteiger partial charge in [0.2, 0.25) is 0 Å². The predicted octanol–water partition coefficient (Wildman–Crippen LogP) is 4.47. The molecule has 0 saturated carbocycles. The number of aromatic hydroxyl groups is 1. The molecule has 2 N–H and O–H groups in total. The smallest absolute Gasteiger partial charge is 0.268 e. The van der Waals surface area contributed by atoms with Crippen LogP contribution in [0.15, 0.2) is 36.4 Å². The first-order valence-electron chi connectivity index (χ1n) is 8.23. The lowest BCUT2D eigenvalue weighted by molar-refractivity contribution is -0.132.